The second-order valence-corrected chi connectivity index (χ2v) is 5.03. The Kier molecular flexibility index (Phi) is 3.31. The molecule has 0 unspecified atom stereocenters. The number of aromatic nitrogens is 3. The lowest BCUT2D eigenvalue weighted by atomic mass is 10.3. The summed E-state index contributed by atoms with van der Waals surface area (Å²) in [5, 5.41) is 9.82. The maximum absolute atomic E-state index is 12.1. The fraction of sp³-hybridized carbons (Fsp3) is 0.308. The number of rotatable bonds is 4. The van der Waals surface area contributed by atoms with E-state index in [1.807, 2.05) is 0 Å². The van der Waals surface area contributed by atoms with E-state index in [4.69, 9.17) is 16.3 Å². The molecule has 1 amide bonds. The third-order valence-electron chi connectivity index (χ3n) is 3.09. The first kappa shape index (κ1) is 12.9. The van der Waals surface area contributed by atoms with E-state index in [-0.39, 0.29) is 5.82 Å². The predicted octanol–water partition coefficient (Wildman–Crippen LogP) is 2.60. The average Bonchev–Trinajstić information content (AvgIpc) is 3.18. The van der Waals surface area contributed by atoms with Crippen molar-refractivity contribution < 1.29 is 9.53 Å². The van der Waals surface area contributed by atoms with Crippen LogP contribution in [0.2, 0.25) is 5.02 Å². The van der Waals surface area contributed by atoms with E-state index in [2.05, 4.69) is 20.5 Å². The molecule has 0 atom stereocenters. The van der Waals surface area contributed by atoms with Gasteiger partial charge in [-0.15, -0.1) is 5.10 Å². The zero-order valence-corrected chi connectivity index (χ0v) is 11.6. The van der Waals surface area contributed by atoms with Crippen molar-refractivity contribution in [2.45, 2.75) is 18.8 Å². The number of aromatic amines is 1. The van der Waals surface area contributed by atoms with Crippen LogP contribution < -0.4 is 10.1 Å². The number of carbonyl (C=O) groups is 1. The molecule has 2 aromatic rings. The summed E-state index contributed by atoms with van der Waals surface area (Å²) in [6.07, 6.45) is 2.19. The number of nitrogens with one attached hydrogen (secondary N) is 2. The zero-order chi connectivity index (χ0) is 14.1. The molecule has 1 heterocycles. The van der Waals surface area contributed by atoms with Crippen LogP contribution >= 0.6 is 11.6 Å². The Balaban J connectivity index is 1.77. The summed E-state index contributed by atoms with van der Waals surface area (Å²) < 4.78 is 5.09. The maximum atomic E-state index is 12.1. The highest BCUT2D eigenvalue weighted by Gasteiger charge is 2.28. The predicted molar refractivity (Wildman–Crippen MR) is 74.3 cm³/mol. The molecular formula is C13H13ClN4O2. The van der Waals surface area contributed by atoms with Gasteiger partial charge in [0.05, 0.1) is 17.8 Å². The fourth-order valence-corrected chi connectivity index (χ4v) is 1.99. The normalized spacial score (nSPS) is 14.1. The lowest BCUT2D eigenvalue weighted by Crippen LogP contribution is -2.14. The van der Waals surface area contributed by atoms with Gasteiger partial charge in [-0.1, -0.05) is 11.6 Å². The van der Waals surface area contributed by atoms with Gasteiger partial charge in [-0.05, 0) is 25.0 Å². The molecule has 20 heavy (non-hydrogen) atoms. The Morgan fingerprint density at radius 3 is 3.00 bits per heavy atom. The van der Waals surface area contributed by atoms with Crippen molar-refractivity contribution in [2.24, 2.45) is 0 Å². The van der Waals surface area contributed by atoms with E-state index in [1.54, 1.807) is 25.3 Å². The molecule has 2 N–H and O–H groups in total. The minimum atomic E-state index is -0.400. The average molecular weight is 293 g/mol. The van der Waals surface area contributed by atoms with E-state index < -0.39 is 5.91 Å². The first-order chi connectivity index (χ1) is 9.67. The Hall–Kier alpha value is -2.08. The van der Waals surface area contributed by atoms with Crippen LogP contribution in [0.25, 0.3) is 0 Å². The number of anilines is 1. The Labute approximate surface area is 120 Å². The summed E-state index contributed by atoms with van der Waals surface area (Å²) in [6.45, 7) is 0. The van der Waals surface area contributed by atoms with Crippen LogP contribution in [-0.2, 0) is 0 Å². The van der Waals surface area contributed by atoms with Crippen molar-refractivity contribution in [3.05, 3.63) is 34.9 Å². The number of hydrogen-bond donors (Lipinski definition) is 2. The van der Waals surface area contributed by atoms with Crippen molar-refractivity contribution >= 4 is 23.2 Å². The fourth-order valence-electron chi connectivity index (χ4n) is 1.82. The quantitative estimate of drug-likeness (QED) is 0.908. The topological polar surface area (TPSA) is 79.9 Å². The molecule has 3 rings (SSSR count). The molecule has 6 nitrogen and oxygen atoms in total. The third-order valence-corrected chi connectivity index (χ3v) is 3.42. The van der Waals surface area contributed by atoms with Crippen molar-refractivity contribution in [2.75, 3.05) is 12.4 Å². The van der Waals surface area contributed by atoms with Crippen LogP contribution in [0.5, 0.6) is 5.75 Å². The second-order valence-electron chi connectivity index (χ2n) is 4.62. The van der Waals surface area contributed by atoms with Crippen LogP contribution in [0.1, 0.15) is 35.2 Å². The van der Waals surface area contributed by atoms with Crippen LogP contribution in [0, 0.1) is 0 Å². The van der Waals surface area contributed by atoms with Crippen molar-refractivity contribution in [1.29, 1.82) is 0 Å². The molecule has 1 aromatic carbocycles. The van der Waals surface area contributed by atoms with E-state index in [0.29, 0.717) is 22.4 Å². The van der Waals surface area contributed by atoms with E-state index >= 15 is 0 Å². The van der Waals surface area contributed by atoms with Gasteiger partial charge in [0.25, 0.3) is 5.91 Å². The van der Waals surface area contributed by atoms with Crippen LogP contribution in [-0.4, -0.2) is 28.2 Å². The number of methoxy groups -OCH3 is 1. The van der Waals surface area contributed by atoms with Gasteiger partial charge >= 0.3 is 0 Å². The molecule has 0 spiro atoms. The molecular weight excluding hydrogens is 280 g/mol. The minimum Gasteiger partial charge on any atom is -0.497 e. The molecule has 1 aliphatic carbocycles. The van der Waals surface area contributed by atoms with Gasteiger partial charge < -0.3 is 10.1 Å². The molecule has 1 fully saturated rings. The Morgan fingerprint density at radius 2 is 2.30 bits per heavy atom. The first-order valence-corrected chi connectivity index (χ1v) is 6.62. The number of H-pyrrole nitrogens is 1. The number of nitrogens with zero attached hydrogens (tertiary/aromatic N) is 2. The number of carbonyl (C=O) groups excluding carboxylic acids is 1. The van der Waals surface area contributed by atoms with Gasteiger partial charge in [0.1, 0.15) is 11.6 Å². The molecule has 0 bridgehead atoms. The summed E-state index contributed by atoms with van der Waals surface area (Å²) in [5.41, 5.74) is 0.466. The number of benzene rings is 1. The zero-order valence-electron chi connectivity index (χ0n) is 10.8. The van der Waals surface area contributed by atoms with Crippen LogP contribution in [0.3, 0.4) is 0 Å². The van der Waals surface area contributed by atoms with Gasteiger partial charge in [0.15, 0.2) is 0 Å². The number of amides is 1. The van der Waals surface area contributed by atoms with Gasteiger partial charge in [-0.3, -0.25) is 9.89 Å². The summed E-state index contributed by atoms with van der Waals surface area (Å²) >= 11 is 6.03. The lowest BCUT2D eigenvalue weighted by molar-refractivity contribution is 0.101. The maximum Gasteiger partial charge on any atom is 0.295 e. The molecule has 0 saturated heterocycles. The summed E-state index contributed by atoms with van der Waals surface area (Å²) in [5.74, 6) is 1.52. The monoisotopic (exact) mass is 292 g/mol. The number of halogens is 1. The molecule has 1 aromatic heterocycles. The van der Waals surface area contributed by atoms with Gasteiger partial charge in [0.2, 0.25) is 5.82 Å². The first-order valence-electron chi connectivity index (χ1n) is 6.24. The minimum absolute atomic E-state index is 0.116. The molecule has 1 aliphatic rings. The van der Waals surface area contributed by atoms with Crippen molar-refractivity contribution in [3.8, 4) is 5.75 Å². The van der Waals surface area contributed by atoms with E-state index in [1.165, 1.54) is 0 Å². The molecule has 104 valence electrons. The Bertz CT molecular complexity index is 652. The summed E-state index contributed by atoms with van der Waals surface area (Å²) in [4.78, 5) is 16.3. The van der Waals surface area contributed by atoms with Gasteiger partial charge in [-0.25, -0.2) is 4.98 Å². The molecule has 0 radical (unpaired) electrons. The largest absolute Gasteiger partial charge is 0.497 e. The van der Waals surface area contributed by atoms with Crippen molar-refractivity contribution in [3.63, 3.8) is 0 Å². The van der Waals surface area contributed by atoms with Crippen LogP contribution in [0.4, 0.5) is 5.69 Å². The van der Waals surface area contributed by atoms with Gasteiger partial charge in [-0.2, -0.15) is 0 Å². The molecule has 7 heteroatoms. The summed E-state index contributed by atoms with van der Waals surface area (Å²) in [7, 11) is 1.55. The SMILES string of the molecule is COc1ccc(Cl)c(NC(=O)c2n[nH]c(C3CC3)n2)c1. The third kappa shape index (κ3) is 2.60. The van der Waals surface area contributed by atoms with E-state index in [9.17, 15) is 4.79 Å². The second kappa shape index (κ2) is 5.13. The van der Waals surface area contributed by atoms with Crippen LogP contribution in [0.15, 0.2) is 18.2 Å². The van der Waals surface area contributed by atoms with Gasteiger partial charge in [0, 0.05) is 12.0 Å². The lowest BCUT2D eigenvalue weighted by Gasteiger charge is -2.07. The molecule has 0 aliphatic heterocycles. The Morgan fingerprint density at radius 1 is 1.50 bits per heavy atom. The highest BCUT2D eigenvalue weighted by molar-refractivity contribution is 6.33. The highest BCUT2D eigenvalue weighted by atomic mass is 35.5. The van der Waals surface area contributed by atoms with E-state index in [0.717, 1.165) is 18.7 Å². The molecule has 1 saturated carbocycles. The summed E-state index contributed by atoms with van der Waals surface area (Å²) in [6, 6.07) is 5.02. The standard InChI is InChI=1S/C13H13ClN4O2/c1-20-8-4-5-9(14)10(6-8)15-13(19)12-16-11(17-18-12)7-2-3-7/h4-7H,2-3H2,1H3,(H,15,19)(H,16,17,18). The highest BCUT2D eigenvalue weighted by Crippen LogP contribution is 2.37. The number of ether oxygens (including phenoxy) is 1. The van der Waals surface area contributed by atoms with Crippen molar-refractivity contribution in [1.82, 2.24) is 15.2 Å². The smallest absolute Gasteiger partial charge is 0.295 e. The number of hydrogen-bond acceptors (Lipinski definition) is 4.